The molecule has 1 aromatic rings. The van der Waals surface area contributed by atoms with E-state index in [0.29, 0.717) is 0 Å². The Bertz CT molecular complexity index is 1890. The Morgan fingerprint density at radius 2 is 1.67 bits per heavy atom. The first kappa shape index (κ1) is 40.4. The van der Waals surface area contributed by atoms with Crippen LogP contribution in [0, 0.1) is 30.6 Å². The van der Waals surface area contributed by atoms with Crippen LogP contribution in [0.15, 0.2) is 46.8 Å². The van der Waals surface area contributed by atoms with E-state index in [1.807, 2.05) is 0 Å². The van der Waals surface area contributed by atoms with E-state index >= 15 is 0 Å². The van der Waals surface area contributed by atoms with Gasteiger partial charge in [0.25, 0.3) is 11.7 Å². The number of amides is 1. The third kappa shape index (κ3) is 7.46. The zero-order valence-corrected chi connectivity index (χ0v) is 32.1. The van der Waals surface area contributed by atoms with Crippen LogP contribution in [0.2, 0.25) is 0 Å². The van der Waals surface area contributed by atoms with E-state index in [2.05, 4.69) is 10.3 Å². The lowest BCUT2D eigenvalue weighted by Gasteiger charge is -2.38. The number of ether oxygens (including phenoxy) is 4. The number of aliphatic imine (C=N–C) groups is 1. The van der Waals surface area contributed by atoms with Crippen molar-refractivity contribution in [2.24, 2.45) is 34.4 Å². The van der Waals surface area contributed by atoms with Gasteiger partial charge in [-0.25, -0.2) is 4.99 Å². The molecule has 6 rings (SSSR count). The van der Waals surface area contributed by atoms with Gasteiger partial charge in [0.15, 0.2) is 0 Å². The molecule has 5 aliphatic rings. The summed E-state index contributed by atoms with van der Waals surface area (Å²) >= 11 is 0. The number of aromatic hydroxyl groups is 1. The monoisotopic (exact) mass is 749 g/mol. The Kier molecular flexibility index (Phi) is 11.6. The van der Waals surface area contributed by atoms with Crippen molar-refractivity contribution in [3.8, 4) is 11.5 Å². The molecule has 0 spiro atoms. The van der Waals surface area contributed by atoms with Gasteiger partial charge in [-0.15, -0.1) is 0 Å². The number of benzene rings is 1. The van der Waals surface area contributed by atoms with Gasteiger partial charge in [-0.05, 0) is 32.8 Å². The van der Waals surface area contributed by atoms with Crippen molar-refractivity contribution in [1.29, 1.82) is 0 Å². The van der Waals surface area contributed by atoms with Crippen molar-refractivity contribution in [2.45, 2.75) is 104 Å². The van der Waals surface area contributed by atoms with Crippen LogP contribution in [0.25, 0.3) is 5.70 Å². The first-order valence-corrected chi connectivity index (χ1v) is 18.2. The summed E-state index contributed by atoms with van der Waals surface area (Å²) in [6.45, 7) is 12.6. The van der Waals surface area contributed by atoms with Crippen molar-refractivity contribution in [2.75, 3.05) is 7.11 Å². The fourth-order valence-electron chi connectivity index (χ4n) is 7.28. The van der Waals surface area contributed by atoms with Gasteiger partial charge in [0.1, 0.15) is 23.3 Å². The van der Waals surface area contributed by atoms with Crippen LogP contribution in [-0.2, 0) is 23.8 Å². The van der Waals surface area contributed by atoms with E-state index < -0.39 is 83.1 Å². The summed E-state index contributed by atoms with van der Waals surface area (Å²) in [5.74, 6) is -7.72. The molecule has 5 bridgehead atoms. The molecule has 1 saturated carbocycles. The van der Waals surface area contributed by atoms with E-state index in [1.54, 1.807) is 39.8 Å². The first-order chi connectivity index (χ1) is 25.3. The van der Waals surface area contributed by atoms with Gasteiger partial charge in [-0.3, -0.25) is 19.2 Å². The van der Waals surface area contributed by atoms with Gasteiger partial charge in [-0.2, -0.15) is 0 Å². The Balaban J connectivity index is 1.67. The van der Waals surface area contributed by atoms with Gasteiger partial charge >= 0.3 is 11.8 Å². The predicted octanol–water partition coefficient (Wildman–Crippen LogP) is 3.79. The molecule has 0 radical (unpaired) electrons. The molecular weight excluding hydrogens is 698 g/mol. The van der Waals surface area contributed by atoms with Crippen LogP contribution >= 0.6 is 0 Å². The number of carbonyl (C=O) groups is 4. The highest BCUT2D eigenvalue weighted by Crippen LogP contribution is 2.49. The van der Waals surface area contributed by atoms with Crippen molar-refractivity contribution < 1.29 is 53.4 Å². The van der Waals surface area contributed by atoms with Gasteiger partial charge in [0, 0.05) is 67.4 Å². The first-order valence-electron chi connectivity index (χ1n) is 18.2. The van der Waals surface area contributed by atoms with Crippen LogP contribution < -0.4 is 15.8 Å². The van der Waals surface area contributed by atoms with Crippen LogP contribution in [0.5, 0.6) is 11.5 Å². The minimum Gasteiger partial charge on any atom is -0.507 e. The number of methoxy groups -OCH3 is 1. The number of allylic oxidation sites excluding steroid dienone is 3. The molecule has 3 aliphatic heterocycles. The topological polar surface area (TPSA) is 216 Å². The summed E-state index contributed by atoms with van der Waals surface area (Å²) in [5.41, 5.74) is 6.25. The van der Waals surface area contributed by atoms with E-state index in [0.717, 1.165) is 12.8 Å². The number of carbonyl (C=O) groups excluding carboxylic acids is 4. The SMILES string of the molecule is COC1C=COC2(C)Oc3c(C)c(O)c4c(c3C2=O)C(N)=C(NC2CC2)C(=NC(=O)C(C)=CC=CC(C)C(O)C(C)C(O)C(C)C(OC(C)=O)C1C)C4=O. The fraction of sp³-hybridized carbons (Fsp3) is 0.525. The number of hydrogen-bond acceptors (Lipinski definition) is 13. The molecule has 9 atom stereocenters. The lowest BCUT2D eigenvalue weighted by atomic mass is 9.78. The minimum absolute atomic E-state index is 0.0267. The molecule has 54 heavy (non-hydrogen) atoms. The summed E-state index contributed by atoms with van der Waals surface area (Å²) in [7, 11) is 1.44. The number of rotatable bonds is 4. The number of nitrogens with one attached hydrogen (secondary N) is 1. The van der Waals surface area contributed by atoms with Crippen molar-refractivity contribution in [1.82, 2.24) is 5.32 Å². The smallest absolute Gasteiger partial charge is 0.312 e. The molecule has 3 heterocycles. The lowest BCUT2D eigenvalue weighted by Crippen LogP contribution is -2.46. The largest absolute Gasteiger partial charge is 0.507 e. The fourth-order valence-corrected chi connectivity index (χ4v) is 7.28. The number of aliphatic hydroxyl groups is 2. The van der Waals surface area contributed by atoms with Gasteiger partial charge in [0.2, 0.25) is 5.78 Å². The van der Waals surface area contributed by atoms with Crippen LogP contribution in [0.4, 0.5) is 0 Å². The number of Topliss-reactive ketones (excluding diaryl/α,β-unsaturated/α-hetero) is 2. The average molecular weight is 750 g/mol. The lowest BCUT2D eigenvalue weighted by molar-refractivity contribution is -0.160. The Hall–Kier alpha value is -4.79. The van der Waals surface area contributed by atoms with Gasteiger partial charge in [-0.1, -0.05) is 45.9 Å². The maximum atomic E-state index is 14.3. The molecule has 6 N–H and O–H groups in total. The highest BCUT2D eigenvalue weighted by atomic mass is 16.7. The van der Waals surface area contributed by atoms with E-state index in [1.165, 1.54) is 53.2 Å². The number of ketones is 2. The quantitative estimate of drug-likeness (QED) is 0.277. The second-order valence-electron chi connectivity index (χ2n) is 15.0. The molecule has 1 fully saturated rings. The molecule has 2 aliphatic carbocycles. The summed E-state index contributed by atoms with van der Waals surface area (Å²) in [4.78, 5) is 58.5. The number of hydrogen-bond donors (Lipinski definition) is 5. The standard InChI is InChI=1S/C40H51N3O11/c1-17-11-10-12-18(2)39(50)43-31-30(42-24-13-14-24)29(41)26-27(35(31)48)34(47)22(6)37-28(26)38(49)40(8,54-37)52-16-15-25(51-9)19(3)36(53-23(7)44)21(5)33(46)20(4)32(17)45/h10-12,15-17,19-21,24-25,32-33,36,42,45-47H,13-14,41H2,1-9H3. The van der Waals surface area contributed by atoms with Crippen molar-refractivity contribution in [3.05, 3.63) is 64.1 Å². The maximum absolute atomic E-state index is 14.3. The third-order valence-corrected chi connectivity index (χ3v) is 10.9. The third-order valence-electron chi connectivity index (χ3n) is 10.9. The van der Waals surface area contributed by atoms with Gasteiger partial charge < -0.3 is 45.3 Å². The predicted molar refractivity (Wildman–Crippen MR) is 198 cm³/mol. The zero-order chi connectivity index (χ0) is 40.0. The molecule has 14 nitrogen and oxygen atoms in total. The van der Waals surface area contributed by atoms with Crippen molar-refractivity contribution >= 4 is 34.9 Å². The van der Waals surface area contributed by atoms with E-state index in [-0.39, 0.29) is 56.7 Å². The summed E-state index contributed by atoms with van der Waals surface area (Å²) in [5, 5.41) is 37.4. The molecule has 1 aromatic carbocycles. The van der Waals surface area contributed by atoms with E-state index in [9.17, 15) is 34.5 Å². The van der Waals surface area contributed by atoms with Crippen LogP contribution in [0.3, 0.4) is 0 Å². The second-order valence-corrected chi connectivity index (χ2v) is 15.0. The normalized spacial score (nSPS) is 32.2. The van der Waals surface area contributed by atoms with Gasteiger partial charge in [0.05, 0.1) is 47.1 Å². The molecule has 0 aromatic heterocycles. The number of fused-ring (bicyclic) bond motifs is 13. The summed E-state index contributed by atoms with van der Waals surface area (Å²) < 4.78 is 23.5. The maximum Gasteiger partial charge on any atom is 0.312 e. The summed E-state index contributed by atoms with van der Waals surface area (Å²) in [6, 6.07) is -0.0502. The molecule has 0 saturated heterocycles. The van der Waals surface area contributed by atoms with Crippen LogP contribution in [0.1, 0.15) is 93.2 Å². The highest BCUT2D eigenvalue weighted by molar-refractivity contribution is 6.56. The Morgan fingerprint density at radius 1 is 1.00 bits per heavy atom. The molecule has 292 valence electrons. The second kappa shape index (κ2) is 15.5. The average Bonchev–Trinajstić information content (AvgIpc) is 3.92. The van der Waals surface area contributed by atoms with E-state index in [4.69, 9.17) is 24.7 Å². The molecular formula is C40H51N3O11. The molecule has 9 unspecified atom stereocenters. The molecule has 1 amide bonds. The Labute approximate surface area is 314 Å². The van der Waals surface area contributed by atoms with Crippen molar-refractivity contribution in [3.63, 3.8) is 0 Å². The number of aliphatic hydroxyl groups excluding tert-OH is 2. The molecule has 14 heteroatoms. The Morgan fingerprint density at radius 3 is 2.28 bits per heavy atom. The highest BCUT2D eigenvalue weighted by Gasteiger charge is 2.52. The minimum atomic E-state index is -1.98. The summed E-state index contributed by atoms with van der Waals surface area (Å²) in [6.07, 6.45) is 5.22. The number of nitrogens with zero attached hydrogens (tertiary/aromatic N) is 1. The number of phenols is 1. The van der Waals surface area contributed by atoms with Crippen LogP contribution in [-0.4, -0.2) is 87.8 Å². The zero-order valence-electron chi connectivity index (χ0n) is 32.1. The number of nitrogens with two attached hydrogens (primary N) is 1. The number of phenolic OH excluding ortho intramolecular Hbond substituents is 1. The number of esters is 1.